The van der Waals surface area contributed by atoms with Gasteiger partial charge in [-0.15, -0.1) is 0 Å². The first-order valence-electron chi connectivity index (χ1n) is 0.926. The van der Waals surface area contributed by atoms with Crippen molar-refractivity contribution in [2.45, 2.75) is 0 Å². The quantitative estimate of drug-likeness (QED) is 0.376. The van der Waals surface area contributed by atoms with E-state index in [0.717, 1.165) is 0 Å². The van der Waals surface area contributed by atoms with Gasteiger partial charge in [-0.1, -0.05) is 0 Å². The van der Waals surface area contributed by atoms with Gasteiger partial charge in [-0.05, 0) is 0 Å². The molecule has 0 amide bonds. The predicted molar refractivity (Wildman–Crippen MR) is 2.79 cm³/mol. The molecule has 6 nitrogen and oxygen atoms in total. The van der Waals surface area contributed by atoms with E-state index in [1.165, 1.54) is 0 Å². The van der Waals surface area contributed by atoms with Crippen molar-refractivity contribution in [3.8, 4) is 0 Å². The van der Waals surface area contributed by atoms with Crippen molar-refractivity contribution < 1.29 is 91.5 Å². The third-order valence-electron chi connectivity index (χ3n) is 0. The molecule has 0 unspecified atom stereocenters. The van der Waals surface area contributed by atoms with Gasteiger partial charge >= 0.3 is 29.6 Å². The first kappa shape index (κ1) is 22.6. The summed E-state index contributed by atoms with van der Waals surface area (Å²) in [5, 5.41) is 0. The molecule has 0 atom stereocenters. The first-order chi connectivity index (χ1) is 3.46. The van der Waals surface area contributed by atoms with E-state index >= 15 is 0 Å². The van der Waals surface area contributed by atoms with Crippen LogP contribution >= 0.6 is 0 Å². The van der Waals surface area contributed by atoms with E-state index in [4.69, 9.17) is 28.0 Å². The Balaban J connectivity index is -0.0000000300. The van der Waals surface area contributed by atoms with Crippen LogP contribution in [0.25, 0.3) is 0 Å². The molecule has 0 aliphatic carbocycles. The molecular weight excluding hydrogens is 225 g/mol. The third kappa shape index (κ3) is 270. The molecule has 0 aromatic carbocycles. The summed E-state index contributed by atoms with van der Waals surface area (Å²) in [5.41, 5.74) is 0. The maximum absolute atomic E-state index is 8.41. The zero-order valence-electron chi connectivity index (χ0n) is 4.65. The summed E-state index contributed by atoms with van der Waals surface area (Å²) in [6.07, 6.45) is 0. The summed E-state index contributed by atoms with van der Waals surface area (Å²) in [7, 11) is -5.70. The number of hydrogen-bond acceptors (Lipinski definition) is 6. The summed E-state index contributed by atoms with van der Waals surface area (Å²) in [5.74, 6) is 0. The zero-order chi connectivity index (χ0) is 7.15. The average molecular weight is 227 g/mol. The second-order valence-electron chi connectivity index (χ2n) is 0.378. The fraction of sp³-hybridized carbons (Fsp3) is 0. The Morgan fingerprint density at radius 3 is 0.600 bits per heavy atom. The van der Waals surface area contributed by atoms with Gasteiger partial charge in [-0.2, -0.15) is 0 Å². The molecule has 0 spiro atoms. The van der Waals surface area contributed by atoms with Crippen LogP contribution in [0.15, 0.2) is 0 Å². The Morgan fingerprint density at radius 1 is 0.600 bits per heavy atom. The molecule has 0 heterocycles. The minimum absolute atomic E-state index is 0. The van der Waals surface area contributed by atoms with Crippen LogP contribution < -0.4 is 57.5 Å². The van der Waals surface area contributed by atoms with E-state index in [1.807, 2.05) is 0 Å². The van der Waals surface area contributed by atoms with Crippen LogP contribution in [0.4, 0.5) is 0 Å². The number of halogens is 3. The standard InChI is InChI=1S/2ClO3.ClH2.Na/c2*2-1(3)4;;/h;;1H2;/q2*-1;2*+1. The Kier molecular flexibility index (Phi) is 38.2. The van der Waals surface area contributed by atoms with Crippen molar-refractivity contribution in [3.63, 3.8) is 0 Å². The molecule has 0 aromatic rings. The van der Waals surface area contributed by atoms with Crippen LogP contribution in [0.3, 0.4) is 0 Å². The van der Waals surface area contributed by atoms with E-state index < -0.39 is 21.6 Å². The molecule has 0 aliphatic rings. The van der Waals surface area contributed by atoms with Crippen molar-refractivity contribution in [1.82, 2.24) is 0 Å². The van der Waals surface area contributed by atoms with E-state index in [1.54, 1.807) is 0 Å². The maximum Gasteiger partial charge on any atom is 1.00 e. The molecule has 0 N–H and O–H groups in total. The fourth-order valence-corrected chi connectivity index (χ4v) is 0. The summed E-state index contributed by atoms with van der Waals surface area (Å²) >= 11 is 0. The van der Waals surface area contributed by atoms with Crippen molar-refractivity contribution >= 4 is 0 Å². The molecule has 0 bridgehead atoms. The summed E-state index contributed by atoms with van der Waals surface area (Å²) in [4.78, 5) is 0. The van der Waals surface area contributed by atoms with Gasteiger partial charge in [0.1, 0.15) is 0 Å². The second-order valence-corrected chi connectivity index (χ2v) is 1.13. The van der Waals surface area contributed by atoms with Crippen molar-refractivity contribution in [1.29, 1.82) is 0 Å². The molecule has 0 radical (unpaired) electrons. The van der Waals surface area contributed by atoms with E-state index in [9.17, 15) is 0 Å². The van der Waals surface area contributed by atoms with Crippen molar-refractivity contribution in [2.24, 2.45) is 0 Å². The van der Waals surface area contributed by atoms with E-state index in [0.29, 0.717) is 0 Å². The SMILES string of the molecule is [ClH2+].[Na+].[O-][Cl+2]([O-])[O-].[O-][Cl+2]([O-])[O-]. The topological polar surface area (TPSA) is 138 Å². The fourth-order valence-electron chi connectivity index (χ4n) is 0. The van der Waals surface area contributed by atoms with Crippen LogP contribution in [0.1, 0.15) is 0 Å². The molecule has 0 aromatic heterocycles. The Morgan fingerprint density at radius 2 is 0.600 bits per heavy atom. The Bertz CT molecular complexity index is 28.5. The molecule has 0 saturated heterocycles. The largest absolute Gasteiger partial charge is 1.00 e. The molecule has 0 fully saturated rings. The van der Waals surface area contributed by atoms with E-state index in [-0.39, 0.29) is 42.0 Å². The van der Waals surface area contributed by atoms with Crippen LogP contribution in [-0.2, 0) is 0 Å². The maximum atomic E-state index is 8.41. The van der Waals surface area contributed by atoms with Gasteiger partial charge in [0.2, 0.25) is 0 Å². The average Bonchev–Trinajstić information content (AvgIpc) is 1.25. The predicted octanol–water partition coefficient (Wildman–Crippen LogP) is -10.7. The summed E-state index contributed by atoms with van der Waals surface area (Å²) < 4.78 is 50.4. The van der Waals surface area contributed by atoms with Crippen LogP contribution in [0.2, 0.25) is 0 Å². The normalized spacial score (nSPS) is 7.20. The van der Waals surface area contributed by atoms with Gasteiger partial charge in [0, 0.05) is 0 Å². The van der Waals surface area contributed by atoms with Gasteiger partial charge < -0.3 is 28.0 Å². The Hall–Kier alpha value is 1.63. The third-order valence-corrected chi connectivity index (χ3v) is 0. The van der Waals surface area contributed by atoms with Crippen LogP contribution in [0, 0.1) is 34.0 Å². The van der Waals surface area contributed by atoms with Gasteiger partial charge in [0.15, 0.2) is 0 Å². The van der Waals surface area contributed by atoms with Gasteiger partial charge in [0.25, 0.3) is 0 Å². The van der Waals surface area contributed by atoms with Crippen LogP contribution in [-0.4, -0.2) is 0 Å². The van der Waals surface area contributed by atoms with Crippen LogP contribution in [0.5, 0.6) is 0 Å². The van der Waals surface area contributed by atoms with Crippen molar-refractivity contribution in [2.75, 3.05) is 0 Å². The molecule has 10 heteroatoms. The summed E-state index contributed by atoms with van der Waals surface area (Å²) in [6.45, 7) is 0. The number of hydrogen-bond donors (Lipinski definition) is 0. The minimum Gasteiger partial charge on any atom is -0.357 e. The second kappa shape index (κ2) is 16.9. The van der Waals surface area contributed by atoms with Gasteiger partial charge in [-0.25, -0.2) is 0 Å². The smallest absolute Gasteiger partial charge is 0.357 e. The van der Waals surface area contributed by atoms with E-state index in [2.05, 4.69) is 0 Å². The first-order valence-corrected chi connectivity index (χ1v) is 2.78. The Labute approximate surface area is 91.0 Å². The molecule has 10 heavy (non-hydrogen) atoms. The molecular formula is H2Cl3NaO6. The molecule has 60 valence electrons. The molecule has 0 saturated carbocycles. The van der Waals surface area contributed by atoms with Crippen molar-refractivity contribution in [3.05, 3.63) is 0 Å². The molecule has 0 rings (SSSR count). The molecule has 0 aliphatic heterocycles. The number of rotatable bonds is 0. The monoisotopic (exact) mass is 226 g/mol. The van der Waals surface area contributed by atoms with Gasteiger partial charge in [0.05, 0.1) is 34.0 Å². The summed E-state index contributed by atoms with van der Waals surface area (Å²) in [6, 6.07) is 0. The minimum atomic E-state index is -2.85. The zero-order valence-corrected chi connectivity index (χ0v) is 9.06. The van der Waals surface area contributed by atoms with Gasteiger partial charge in [-0.3, -0.25) is 0 Å².